The van der Waals surface area contributed by atoms with E-state index in [1.54, 1.807) is 30.3 Å². The van der Waals surface area contributed by atoms with Gasteiger partial charge in [0.05, 0.1) is 5.56 Å². The van der Waals surface area contributed by atoms with Gasteiger partial charge >= 0.3 is 12.1 Å². The lowest BCUT2D eigenvalue weighted by molar-refractivity contribution is -0.185. The Hall–Kier alpha value is -2.90. The van der Waals surface area contributed by atoms with Crippen LogP contribution in [0.15, 0.2) is 30.3 Å². The molecule has 0 spiro atoms. The van der Waals surface area contributed by atoms with Crippen LogP contribution in [0.25, 0.3) is 0 Å². The van der Waals surface area contributed by atoms with Crippen molar-refractivity contribution in [2.24, 2.45) is 0 Å². The summed E-state index contributed by atoms with van der Waals surface area (Å²) in [5, 5.41) is 0.365. The van der Waals surface area contributed by atoms with Gasteiger partial charge in [-0.1, -0.05) is 30.2 Å². The van der Waals surface area contributed by atoms with Crippen molar-refractivity contribution in [2.45, 2.75) is 38.9 Å². The third kappa shape index (κ3) is 4.55. The number of ether oxygens (including phenoxy) is 2. The SMILES string of the molecule is CCCC(OC(=O)ON1C(=O)CCC1=O)OC(=O)c1ccccc1. The van der Waals surface area contributed by atoms with Gasteiger partial charge in [0.2, 0.25) is 0 Å². The summed E-state index contributed by atoms with van der Waals surface area (Å²) in [5.41, 5.74) is 0.306. The smallest absolute Gasteiger partial charge is 0.421 e. The molecule has 8 heteroatoms. The Morgan fingerprint density at radius 2 is 1.71 bits per heavy atom. The van der Waals surface area contributed by atoms with Crippen molar-refractivity contribution in [2.75, 3.05) is 0 Å². The van der Waals surface area contributed by atoms with Crippen molar-refractivity contribution in [3.8, 4) is 0 Å². The van der Waals surface area contributed by atoms with Gasteiger partial charge in [-0.25, -0.2) is 9.59 Å². The Bertz CT molecular complexity index is 613. The fourth-order valence-electron chi connectivity index (χ4n) is 2.00. The lowest BCUT2D eigenvalue weighted by Crippen LogP contribution is -2.34. The Kier molecular flexibility index (Phi) is 5.89. The molecule has 1 aromatic rings. The average Bonchev–Trinajstić information content (AvgIpc) is 2.87. The summed E-state index contributed by atoms with van der Waals surface area (Å²) in [6.07, 6.45) is -1.68. The molecular weight excluding hydrogens is 318 g/mol. The van der Waals surface area contributed by atoms with Crippen LogP contribution >= 0.6 is 0 Å². The van der Waals surface area contributed by atoms with E-state index in [4.69, 9.17) is 9.47 Å². The number of carbonyl (C=O) groups excluding carboxylic acids is 4. The molecule has 0 bridgehead atoms. The second-order valence-electron chi connectivity index (χ2n) is 5.03. The quantitative estimate of drug-likeness (QED) is 0.446. The van der Waals surface area contributed by atoms with Crippen LogP contribution in [0.4, 0.5) is 4.79 Å². The van der Waals surface area contributed by atoms with Crippen LogP contribution in [-0.4, -0.2) is 35.3 Å². The van der Waals surface area contributed by atoms with Gasteiger partial charge in [0.15, 0.2) is 0 Å². The van der Waals surface area contributed by atoms with Crippen LogP contribution in [0.5, 0.6) is 0 Å². The number of benzene rings is 1. The molecule has 0 aromatic heterocycles. The first-order valence-corrected chi connectivity index (χ1v) is 7.51. The molecule has 1 aliphatic rings. The zero-order valence-electron chi connectivity index (χ0n) is 13.1. The van der Waals surface area contributed by atoms with Crippen LogP contribution < -0.4 is 0 Å². The molecule has 2 amide bonds. The van der Waals surface area contributed by atoms with Crippen LogP contribution in [0, 0.1) is 0 Å². The maximum atomic E-state index is 12.0. The van der Waals surface area contributed by atoms with E-state index in [-0.39, 0.29) is 19.3 Å². The van der Waals surface area contributed by atoms with E-state index in [2.05, 4.69) is 4.84 Å². The van der Waals surface area contributed by atoms with Gasteiger partial charge < -0.3 is 9.47 Å². The Morgan fingerprint density at radius 1 is 1.08 bits per heavy atom. The van der Waals surface area contributed by atoms with Gasteiger partial charge in [0, 0.05) is 19.3 Å². The van der Waals surface area contributed by atoms with E-state index in [0.29, 0.717) is 17.0 Å². The molecule has 1 fully saturated rings. The predicted molar refractivity (Wildman–Crippen MR) is 79.2 cm³/mol. The summed E-state index contributed by atoms with van der Waals surface area (Å²) >= 11 is 0. The Balaban J connectivity index is 1.92. The third-order valence-corrected chi connectivity index (χ3v) is 3.17. The molecule has 1 aliphatic heterocycles. The molecule has 0 radical (unpaired) electrons. The van der Waals surface area contributed by atoms with Gasteiger partial charge in [-0.3, -0.25) is 14.4 Å². The second kappa shape index (κ2) is 8.09. The molecule has 1 atom stereocenters. The van der Waals surface area contributed by atoms with Crippen molar-refractivity contribution in [1.82, 2.24) is 5.06 Å². The van der Waals surface area contributed by atoms with Gasteiger partial charge in [-0.15, -0.1) is 0 Å². The Morgan fingerprint density at radius 3 is 2.29 bits per heavy atom. The van der Waals surface area contributed by atoms with Crippen molar-refractivity contribution in [3.05, 3.63) is 35.9 Å². The van der Waals surface area contributed by atoms with Crippen molar-refractivity contribution < 1.29 is 33.5 Å². The molecule has 2 rings (SSSR count). The van der Waals surface area contributed by atoms with E-state index < -0.39 is 30.2 Å². The largest absolute Gasteiger partial charge is 0.537 e. The van der Waals surface area contributed by atoms with Crippen molar-refractivity contribution in [3.63, 3.8) is 0 Å². The van der Waals surface area contributed by atoms with Crippen LogP contribution in [-0.2, 0) is 23.9 Å². The molecule has 1 unspecified atom stereocenters. The third-order valence-electron chi connectivity index (χ3n) is 3.17. The summed E-state index contributed by atoms with van der Waals surface area (Å²) in [4.78, 5) is 51.0. The summed E-state index contributed by atoms with van der Waals surface area (Å²) in [6.45, 7) is 1.81. The van der Waals surface area contributed by atoms with E-state index in [0.717, 1.165) is 0 Å². The van der Waals surface area contributed by atoms with Gasteiger partial charge in [0.25, 0.3) is 18.1 Å². The number of carbonyl (C=O) groups is 4. The number of nitrogens with zero attached hydrogens (tertiary/aromatic N) is 1. The highest BCUT2D eigenvalue weighted by molar-refractivity contribution is 6.01. The maximum Gasteiger partial charge on any atom is 0.537 e. The first-order valence-electron chi connectivity index (χ1n) is 7.51. The van der Waals surface area contributed by atoms with Crippen LogP contribution in [0.3, 0.4) is 0 Å². The highest BCUT2D eigenvalue weighted by atomic mass is 16.9. The highest BCUT2D eigenvalue weighted by Crippen LogP contribution is 2.15. The fourth-order valence-corrected chi connectivity index (χ4v) is 2.00. The molecule has 1 saturated heterocycles. The van der Waals surface area contributed by atoms with E-state index in [1.807, 2.05) is 6.92 Å². The molecule has 128 valence electrons. The summed E-state index contributed by atoms with van der Waals surface area (Å²) in [6, 6.07) is 8.21. The second-order valence-corrected chi connectivity index (χ2v) is 5.03. The summed E-state index contributed by atoms with van der Waals surface area (Å²) in [7, 11) is 0. The van der Waals surface area contributed by atoms with Crippen molar-refractivity contribution in [1.29, 1.82) is 0 Å². The van der Waals surface area contributed by atoms with E-state index in [9.17, 15) is 19.2 Å². The number of esters is 1. The van der Waals surface area contributed by atoms with Gasteiger partial charge in [0.1, 0.15) is 0 Å². The number of hydroxylamine groups is 2. The fraction of sp³-hybridized carbons (Fsp3) is 0.375. The highest BCUT2D eigenvalue weighted by Gasteiger charge is 2.34. The lowest BCUT2D eigenvalue weighted by Gasteiger charge is -2.19. The number of amides is 2. The molecule has 0 saturated carbocycles. The minimum atomic E-state index is -1.28. The standard InChI is InChI=1S/C16H17NO7/c1-2-6-14(22-15(20)11-7-4-3-5-8-11)23-16(21)24-17-12(18)9-10-13(17)19/h3-5,7-8,14H,2,6,9-10H2,1H3. The molecular formula is C16H17NO7. The normalized spacial score (nSPS) is 15.1. The van der Waals surface area contributed by atoms with E-state index in [1.165, 1.54) is 0 Å². The summed E-state index contributed by atoms with van der Waals surface area (Å²) < 4.78 is 10.0. The topological polar surface area (TPSA) is 99.2 Å². The van der Waals surface area contributed by atoms with Crippen LogP contribution in [0.2, 0.25) is 0 Å². The number of hydrogen-bond donors (Lipinski definition) is 0. The van der Waals surface area contributed by atoms with Crippen LogP contribution in [0.1, 0.15) is 43.0 Å². The van der Waals surface area contributed by atoms with Crippen molar-refractivity contribution >= 4 is 23.9 Å². The lowest BCUT2D eigenvalue weighted by atomic mass is 10.2. The zero-order valence-corrected chi connectivity index (χ0v) is 13.1. The Labute approximate surface area is 138 Å². The van der Waals surface area contributed by atoms with Gasteiger partial charge in [-0.05, 0) is 18.6 Å². The first kappa shape index (κ1) is 17.5. The molecule has 0 N–H and O–H groups in total. The first-order chi connectivity index (χ1) is 11.5. The maximum absolute atomic E-state index is 12.0. The summed E-state index contributed by atoms with van der Waals surface area (Å²) in [5.74, 6) is -1.90. The monoisotopic (exact) mass is 335 g/mol. The minimum Gasteiger partial charge on any atom is -0.421 e. The van der Waals surface area contributed by atoms with E-state index >= 15 is 0 Å². The average molecular weight is 335 g/mol. The number of hydrogen-bond acceptors (Lipinski definition) is 7. The molecule has 1 aromatic carbocycles. The zero-order chi connectivity index (χ0) is 17.5. The number of imide groups is 1. The van der Waals surface area contributed by atoms with Gasteiger partial charge in [-0.2, -0.15) is 0 Å². The molecule has 0 aliphatic carbocycles. The minimum absolute atomic E-state index is 0.0203. The molecule has 1 heterocycles. The number of rotatable bonds is 6. The molecule has 8 nitrogen and oxygen atoms in total. The molecule has 24 heavy (non-hydrogen) atoms. The predicted octanol–water partition coefficient (Wildman–Crippen LogP) is 2.19.